The molecule has 8 heteroatoms. The number of esters is 1. The lowest BCUT2D eigenvalue weighted by Gasteiger charge is -2.16. The van der Waals surface area contributed by atoms with E-state index in [-0.39, 0.29) is 19.1 Å². The van der Waals surface area contributed by atoms with Crippen LogP contribution in [0.4, 0.5) is 11.4 Å². The summed E-state index contributed by atoms with van der Waals surface area (Å²) >= 11 is 4.92. The van der Waals surface area contributed by atoms with Crippen molar-refractivity contribution in [2.24, 2.45) is 4.99 Å². The van der Waals surface area contributed by atoms with Crippen LogP contribution >= 0.6 is 27.7 Å². The molecule has 0 radical (unpaired) electrons. The fourth-order valence-corrected chi connectivity index (χ4v) is 5.92. The average Bonchev–Trinajstić information content (AvgIpc) is 3.27. The number of aliphatic imine (C=N–C) groups is 1. The van der Waals surface area contributed by atoms with E-state index in [0.29, 0.717) is 26.7 Å². The molecule has 0 aromatic heterocycles. The van der Waals surface area contributed by atoms with Gasteiger partial charge in [0, 0.05) is 0 Å². The molecule has 0 atom stereocenters. The quantitative estimate of drug-likeness (QED) is 0.121. The van der Waals surface area contributed by atoms with Gasteiger partial charge in [-0.05, 0) is 119 Å². The summed E-state index contributed by atoms with van der Waals surface area (Å²) in [6, 6.07) is 19.9. The number of benzene rings is 3. The zero-order chi connectivity index (χ0) is 29.4. The van der Waals surface area contributed by atoms with Crippen LogP contribution in [0.2, 0.25) is 0 Å². The number of hydrogen-bond donors (Lipinski definition) is 0. The maximum absolute atomic E-state index is 13.8. The monoisotopic (exact) mass is 632 g/mol. The van der Waals surface area contributed by atoms with Crippen molar-refractivity contribution in [1.29, 1.82) is 0 Å². The summed E-state index contributed by atoms with van der Waals surface area (Å²) in [6.07, 6.45) is 6.01. The summed E-state index contributed by atoms with van der Waals surface area (Å²) in [6.45, 7) is 9.91. The summed E-state index contributed by atoms with van der Waals surface area (Å²) in [5, 5.41) is 0.592. The molecular weight excluding hydrogens is 600 g/mol. The number of aryl methyl sites for hydroxylation is 2. The standard InChI is InChI=1S/C33H33BrN2O4S/c1-5-9-25-18-24(19-28(34)31(25)40-21-30(37)39-8-4)20-29-32(38)36(27-16-12-23(7-3)13-17-27)33(41-29)35-26-14-10-22(6-2)11-15-26/h5,10-20H,1,6-9,21H2,2-4H3/b29-20-,35-33?. The van der Waals surface area contributed by atoms with Crippen LogP contribution in [0.3, 0.4) is 0 Å². The number of halogens is 1. The van der Waals surface area contributed by atoms with Crippen molar-refractivity contribution >= 4 is 62.2 Å². The second-order valence-corrected chi connectivity index (χ2v) is 11.1. The molecule has 1 fully saturated rings. The Labute approximate surface area is 254 Å². The van der Waals surface area contributed by atoms with Crippen molar-refractivity contribution in [3.05, 3.63) is 105 Å². The van der Waals surface area contributed by atoms with Gasteiger partial charge >= 0.3 is 5.97 Å². The number of amides is 1. The maximum atomic E-state index is 13.8. The molecule has 212 valence electrons. The van der Waals surface area contributed by atoms with E-state index in [1.807, 2.05) is 54.6 Å². The molecule has 1 heterocycles. The first-order valence-corrected chi connectivity index (χ1v) is 15.2. The molecule has 0 unspecified atom stereocenters. The number of amidine groups is 1. The highest BCUT2D eigenvalue weighted by molar-refractivity contribution is 9.10. The molecule has 0 spiro atoms. The molecule has 1 aliphatic rings. The molecular formula is C33H33BrN2O4S. The molecule has 0 saturated carbocycles. The second kappa shape index (κ2) is 14.3. The lowest BCUT2D eigenvalue weighted by Crippen LogP contribution is -2.28. The zero-order valence-corrected chi connectivity index (χ0v) is 25.9. The molecule has 6 nitrogen and oxygen atoms in total. The minimum atomic E-state index is -0.439. The van der Waals surface area contributed by atoms with Crippen LogP contribution < -0.4 is 9.64 Å². The number of ether oxygens (including phenoxy) is 2. The number of nitrogens with zero attached hydrogens (tertiary/aromatic N) is 2. The summed E-state index contributed by atoms with van der Waals surface area (Å²) in [5.74, 6) is -0.0422. The number of rotatable bonds is 11. The molecule has 0 aliphatic carbocycles. The Balaban J connectivity index is 1.71. The Morgan fingerprint density at radius 2 is 1.68 bits per heavy atom. The van der Waals surface area contributed by atoms with E-state index >= 15 is 0 Å². The van der Waals surface area contributed by atoms with Gasteiger partial charge in [-0.15, -0.1) is 6.58 Å². The summed E-state index contributed by atoms with van der Waals surface area (Å²) in [7, 11) is 0. The van der Waals surface area contributed by atoms with Gasteiger partial charge in [-0.1, -0.05) is 44.2 Å². The van der Waals surface area contributed by atoms with Gasteiger partial charge in [0.2, 0.25) is 0 Å². The first kappa shape index (κ1) is 30.3. The molecule has 1 amide bonds. The van der Waals surface area contributed by atoms with Crippen molar-refractivity contribution in [1.82, 2.24) is 0 Å². The maximum Gasteiger partial charge on any atom is 0.344 e. The number of hydrogen-bond acceptors (Lipinski definition) is 6. The lowest BCUT2D eigenvalue weighted by molar-refractivity contribution is -0.145. The van der Waals surface area contributed by atoms with E-state index < -0.39 is 5.97 Å². The van der Waals surface area contributed by atoms with E-state index in [2.05, 4.69) is 48.5 Å². The van der Waals surface area contributed by atoms with Crippen LogP contribution in [0.1, 0.15) is 43.0 Å². The van der Waals surface area contributed by atoms with E-state index in [4.69, 9.17) is 14.5 Å². The van der Waals surface area contributed by atoms with Crippen LogP contribution in [-0.2, 0) is 33.6 Å². The van der Waals surface area contributed by atoms with Crippen molar-refractivity contribution < 1.29 is 19.1 Å². The third-order valence-corrected chi connectivity index (χ3v) is 7.98. The molecule has 4 rings (SSSR count). The molecule has 41 heavy (non-hydrogen) atoms. The summed E-state index contributed by atoms with van der Waals surface area (Å²) < 4.78 is 11.4. The SMILES string of the molecule is C=CCc1cc(/C=C2\SC(=Nc3ccc(CC)cc3)N(c3ccc(CC)cc3)C2=O)cc(Br)c1OCC(=O)OCC. The van der Waals surface area contributed by atoms with Crippen molar-refractivity contribution in [2.45, 2.75) is 40.0 Å². The molecule has 1 aliphatic heterocycles. The fraction of sp³-hybridized carbons (Fsp3) is 0.242. The van der Waals surface area contributed by atoms with Gasteiger partial charge in [0.15, 0.2) is 11.8 Å². The zero-order valence-electron chi connectivity index (χ0n) is 23.5. The Kier molecular flexibility index (Phi) is 10.6. The lowest BCUT2D eigenvalue weighted by atomic mass is 10.1. The second-order valence-electron chi connectivity index (χ2n) is 9.26. The summed E-state index contributed by atoms with van der Waals surface area (Å²) in [4.78, 5) is 32.8. The van der Waals surface area contributed by atoms with Crippen LogP contribution in [0.5, 0.6) is 5.75 Å². The smallest absolute Gasteiger partial charge is 0.344 e. The molecule has 3 aromatic carbocycles. The normalized spacial score (nSPS) is 15.0. The number of carbonyl (C=O) groups is 2. The molecule has 3 aromatic rings. The predicted molar refractivity (Wildman–Crippen MR) is 172 cm³/mol. The van der Waals surface area contributed by atoms with Gasteiger partial charge in [-0.3, -0.25) is 9.69 Å². The Morgan fingerprint density at radius 3 is 2.29 bits per heavy atom. The first-order valence-electron chi connectivity index (χ1n) is 13.6. The average molecular weight is 634 g/mol. The molecule has 0 bridgehead atoms. The van der Waals surface area contributed by atoms with Crippen LogP contribution in [0, 0.1) is 0 Å². The van der Waals surface area contributed by atoms with E-state index in [1.165, 1.54) is 22.9 Å². The van der Waals surface area contributed by atoms with Crippen LogP contribution in [-0.4, -0.2) is 30.3 Å². The minimum Gasteiger partial charge on any atom is -0.480 e. The number of anilines is 1. The number of allylic oxidation sites excluding steroid dienone is 1. The van der Waals surface area contributed by atoms with Gasteiger partial charge in [0.05, 0.1) is 27.4 Å². The highest BCUT2D eigenvalue weighted by Crippen LogP contribution is 2.39. The Bertz CT molecular complexity index is 1480. The van der Waals surface area contributed by atoms with Gasteiger partial charge in [0.25, 0.3) is 5.91 Å². The number of carbonyl (C=O) groups excluding carboxylic acids is 2. The van der Waals surface area contributed by atoms with Gasteiger partial charge in [0.1, 0.15) is 5.75 Å². The van der Waals surface area contributed by atoms with Crippen molar-refractivity contribution in [3.63, 3.8) is 0 Å². The third-order valence-electron chi connectivity index (χ3n) is 6.42. The Hall–Kier alpha value is -3.62. The van der Waals surface area contributed by atoms with Gasteiger partial charge in [-0.2, -0.15) is 0 Å². The first-order chi connectivity index (χ1) is 19.9. The highest BCUT2D eigenvalue weighted by Gasteiger charge is 2.35. The highest BCUT2D eigenvalue weighted by atomic mass is 79.9. The number of thioether (sulfide) groups is 1. The predicted octanol–water partition coefficient (Wildman–Crippen LogP) is 8.05. The minimum absolute atomic E-state index is 0.146. The van der Waals surface area contributed by atoms with Crippen LogP contribution in [0.15, 0.2) is 87.7 Å². The molecule has 0 N–H and O–H groups in total. The summed E-state index contributed by atoms with van der Waals surface area (Å²) in [5.41, 5.74) is 5.62. The topological polar surface area (TPSA) is 68.2 Å². The van der Waals surface area contributed by atoms with Crippen molar-refractivity contribution in [2.75, 3.05) is 18.1 Å². The van der Waals surface area contributed by atoms with Crippen molar-refractivity contribution in [3.8, 4) is 5.75 Å². The van der Waals surface area contributed by atoms with E-state index in [1.54, 1.807) is 17.9 Å². The van der Waals surface area contributed by atoms with E-state index in [0.717, 1.165) is 35.3 Å². The van der Waals surface area contributed by atoms with Gasteiger partial charge < -0.3 is 9.47 Å². The largest absolute Gasteiger partial charge is 0.480 e. The van der Waals surface area contributed by atoms with E-state index in [9.17, 15) is 9.59 Å². The molecule has 1 saturated heterocycles. The van der Waals surface area contributed by atoms with Crippen LogP contribution in [0.25, 0.3) is 6.08 Å². The fourth-order valence-electron chi connectivity index (χ4n) is 4.28. The Morgan fingerprint density at radius 1 is 1.02 bits per heavy atom. The third kappa shape index (κ3) is 7.57. The van der Waals surface area contributed by atoms with Gasteiger partial charge in [-0.25, -0.2) is 9.79 Å².